The number of H-pyrrole nitrogens is 1. The Kier molecular flexibility index (Phi) is 4.93. The molecule has 0 radical (unpaired) electrons. The van der Waals surface area contributed by atoms with Gasteiger partial charge in [-0.05, 0) is 49.7 Å². The van der Waals surface area contributed by atoms with Crippen LogP contribution in [0.1, 0.15) is 16.8 Å². The van der Waals surface area contributed by atoms with Crippen LogP contribution in [0.2, 0.25) is 0 Å². The maximum Gasteiger partial charge on any atom is 0.258 e. The molecule has 0 saturated heterocycles. The number of hydrogen-bond donors (Lipinski definition) is 2. The van der Waals surface area contributed by atoms with Gasteiger partial charge in [0.25, 0.3) is 11.5 Å². The summed E-state index contributed by atoms with van der Waals surface area (Å²) < 4.78 is 18.0. The zero-order chi connectivity index (χ0) is 16.1. The first-order valence-electron chi connectivity index (χ1n) is 6.80. The molecule has 1 aromatic heterocycles. The number of benzene rings is 1. The third-order valence-electron chi connectivity index (χ3n) is 3.14. The molecule has 2 rings (SSSR count). The third kappa shape index (κ3) is 4.18. The van der Waals surface area contributed by atoms with Crippen molar-refractivity contribution < 1.29 is 13.9 Å². The zero-order valence-corrected chi connectivity index (χ0v) is 12.4. The molecule has 0 unspecified atom stereocenters. The molecule has 1 heterocycles. The Morgan fingerprint density at radius 1 is 1.27 bits per heavy atom. The molecule has 0 aliphatic carbocycles. The highest BCUT2D eigenvalue weighted by Crippen LogP contribution is 2.10. The first kappa shape index (κ1) is 15.8. The fourth-order valence-electron chi connectivity index (χ4n) is 2.02. The zero-order valence-electron chi connectivity index (χ0n) is 12.4. The van der Waals surface area contributed by atoms with Crippen molar-refractivity contribution in [2.24, 2.45) is 0 Å². The van der Waals surface area contributed by atoms with E-state index in [1.165, 1.54) is 24.3 Å². The number of halogens is 1. The summed E-state index contributed by atoms with van der Waals surface area (Å²) in [6.45, 7) is 3.55. The van der Waals surface area contributed by atoms with Crippen LogP contribution < -0.4 is 15.6 Å². The average molecular weight is 304 g/mol. The normalized spacial score (nSPS) is 10.3. The van der Waals surface area contributed by atoms with Crippen LogP contribution in [0.3, 0.4) is 0 Å². The molecule has 0 aliphatic heterocycles. The van der Waals surface area contributed by atoms with Crippen molar-refractivity contribution in [3.8, 4) is 5.75 Å². The Morgan fingerprint density at radius 2 is 1.95 bits per heavy atom. The Morgan fingerprint density at radius 3 is 2.59 bits per heavy atom. The summed E-state index contributed by atoms with van der Waals surface area (Å²) in [7, 11) is 0. The van der Waals surface area contributed by atoms with Gasteiger partial charge in [0.1, 0.15) is 11.6 Å². The fourth-order valence-corrected chi connectivity index (χ4v) is 2.02. The molecule has 1 aromatic carbocycles. The van der Waals surface area contributed by atoms with Crippen molar-refractivity contribution in [2.45, 2.75) is 20.4 Å². The van der Waals surface area contributed by atoms with Crippen molar-refractivity contribution in [1.29, 1.82) is 0 Å². The molecule has 116 valence electrons. The molecule has 2 N–H and O–H groups in total. The standard InChI is InChI=1S/C16H17FN2O3/c1-10-7-11(2)19-16(21)14(10)8-18-15(20)9-22-13-5-3-12(17)4-6-13/h3-7H,8-9H2,1-2H3,(H,18,20)(H,19,21). The molecular weight excluding hydrogens is 287 g/mol. The minimum absolute atomic E-state index is 0.132. The highest BCUT2D eigenvalue weighted by molar-refractivity contribution is 5.77. The minimum atomic E-state index is -0.370. The number of carbonyl (C=O) groups is 1. The smallest absolute Gasteiger partial charge is 0.258 e. The van der Waals surface area contributed by atoms with Gasteiger partial charge >= 0.3 is 0 Å². The van der Waals surface area contributed by atoms with Crippen LogP contribution in [0, 0.1) is 19.7 Å². The second kappa shape index (κ2) is 6.89. The molecule has 5 nitrogen and oxygen atoms in total. The molecule has 6 heteroatoms. The summed E-state index contributed by atoms with van der Waals surface area (Å²) in [6, 6.07) is 7.23. The number of rotatable bonds is 5. The van der Waals surface area contributed by atoms with Gasteiger partial charge < -0.3 is 15.0 Å². The molecule has 0 atom stereocenters. The van der Waals surface area contributed by atoms with E-state index in [9.17, 15) is 14.0 Å². The van der Waals surface area contributed by atoms with Crippen LogP contribution in [0.5, 0.6) is 5.75 Å². The Bertz CT molecular complexity index is 723. The lowest BCUT2D eigenvalue weighted by molar-refractivity contribution is -0.123. The number of pyridine rings is 1. The van der Waals surface area contributed by atoms with Crippen LogP contribution in [0.15, 0.2) is 35.1 Å². The molecular formula is C16H17FN2O3. The van der Waals surface area contributed by atoms with Gasteiger partial charge in [-0.2, -0.15) is 0 Å². The quantitative estimate of drug-likeness (QED) is 0.885. The Balaban J connectivity index is 1.88. The molecule has 0 spiro atoms. The maximum absolute atomic E-state index is 12.7. The van der Waals surface area contributed by atoms with E-state index in [-0.39, 0.29) is 30.4 Å². The van der Waals surface area contributed by atoms with E-state index in [4.69, 9.17) is 4.74 Å². The summed E-state index contributed by atoms with van der Waals surface area (Å²) in [5.41, 5.74) is 1.90. The molecule has 0 bridgehead atoms. The highest BCUT2D eigenvalue weighted by atomic mass is 19.1. The number of nitrogens with one attached hydrogen (secondary N) is 2. The van der Waals surface area contributed by atoms with Crippen molar-refractivity contribution in [1.82, 2.24) is 10.3 Å². The summed E-state index contributed by atoms with van der Waals surface area (Å²) in [6.07, 6.45) is 0. The van der Waals surface area contributed by atoms with Gasteiger partial charge in [0, 0.05) is 17.8 Å². The van der Waals surface area contributed by atoms with E-state index in [1.54, 1.807) is 6.92 Å². The number of ether oxygens (including phenoxy) is 1. The van der Waals surface area contributed by atoms with Crippen LogP contribution in [0.4, 0.5) is 4.39 Å². The summed E-state index contributed by atoms with van der Waals surface area (Å²) in [5, 5.41) is 2.62. The maximum atomic E-state index is 12.7. The Hall–Kier alpha value is -2.63. The van der Waals surface area contributed by atoms with E-state index >= 15 is 0 Å². The first-order chi connectivity index (χ1) is 10.5. The van der Waals surface area contributed by atoms with Crippen LogP contribution in [0.25, 0.3) is 0 Å². The van der Waals surface area contributed by atoms with Gasteiger partial charge in [-0.3, -0.25) is 9.59 Å². The summed E-state index contributed by atoms with van der Waals surface area (Å²) in [4.78, 5) is 26.2. The second-order valence-electron chi connectivity index (χ2n) is 4.96. The first-order valence-corrected chi connectivity index (χ1v) is 6.80. The summed E-state index contributed by atoms with van der Waals surface area (Å²) in [5.74, 6) is -0.324. The van der Waals surface area contributed by atoms with Crippen molar-refractivity contribution in [3.05, 3.63) is 63.3 Å². The van der Waals surface area contributed by atoms with Gasteiger partial charge in [-0.25, -0.2) is 4.39 Å². The van der Waals surface area contributed by atoms with Gasteiger partial charge in [0.05, 0.1) is 0 Å². The van der Waals surface area contributed by atoms with E-state index in [0.29, 0.717) is 11.3 Å². The van der Waals surface area contributed by atoms with E-state index in [2.05, 4.69) is 10.3 Å². The predicted octanol–water partition coefficient (Wildman–Crippen LogP) is 1.83. The lowest BCUT2D eigenvalue weighted by Crippen LogP contribution is -2.31. The SMILES string of the molecule is Cc1cc(C)c(CNC(=O)COc2ccc(F)cc2)c(=O)[nH]1. The van der Waals surface area contributed by atoms with Gasteiger partial charge in [0.2, 0.25) is 0 Å². The lowest BCUT2D eigenvalue weighted by atomic mass is 10.1. The largest absolute Gasteiger partial charge is 0.484 e. The highest BCUT2D eigenvalue weighted by Gasteiger charge is 2.08. The van der Waals surface area contributed by atoms with Gasteiger partial charge in [-0.1, -0.05) is 0 Å². The monoisotopic (exact) mass is 304 g/mol. The predicted molar refractivity (Wildman–Crippen MR) is 80.3 cm³/mol. The number of carbonyl (C=O) groups excluding carboxylic acids is 1. The Labute approximate surface area is 127 Å². The van der Waals surface area contributed by atoms with E-state index < -0.39 is 0 Å². The molecule has 22 heavy (non-hydrogen) atoms. The number of aryl methyl sites for hydroxylation is 2. The fraction of sp³-hybridized carbons (Fsp3) is 0.250. The van der Waals surface area contributed by atoms with Crippen molar-refractivity contribution >= 4 is 5.91 Å². The average Bonchev–Trinajstić information content (AvgIpc) is 2.45. The number of aromatic amines is 1. The minimum Gasteiger partial charge on any atom is -0.484 e. The van der Waals surface area contributed by atoms with E-state index in [1.807, 2.05) is 13.0 Å². The molecule has 2 aromatic rings. The van der Waals surface area contributed by atoms with Crippen LogP contribution in [-0.2, 0) is 11.3 Å². The van der Waals surface area contributed by atoms with Crippen LogP contribution in [-0.4, -0.2) is 17.5 Å². The van der Waals surface area contributed by atoms with Crippen molar-refractivity contribution in [2.75, 3.05) is 6.61 Å². The third-order valence-corrected chi connectivity index (χ3v) is 3.14. The molecule has 0 saturated carbocycles. The second-order valence-corrected chi connectivity index (χ2v) is 4.96. The topological polar surface area (TPSA) is 71.2 Å². The van der Waals surface area contributed by atoms with E-state index in [0.717, 1.165) is 11.3 Å². The van der Waals surface area contributed by atoms with Gasteiger partial charge in [-0.15, -0.1) is 0 Å². The lowest BCUT2D eigenvalue weighted by Gasteiger charge is -2.09. The number of amides is 1. The van der Waals surface area contributed by atoms with Crippen molar-refractivity contribution in [3.63, 3.8) is 0 Å². The number of hydrogen-bond acceptors (Lipinski definition) is 3. The summed E-state index contributed by atoms with van der Waals surface area (Å²) >= 11 is 0. The number of aromatic nitrogens is 1. The van der Waals surface area contributed by atoms with Gasteiger partial charge in [0.15, 0.2) is 6.61 Å². The molecule has 1 amide bonds. The molecule has 0 aliphatic rings. The van der Waals surface area contributed by atoms with Crippen LogP contribution >= 0.6 is 0 Å². The molecule has 0 fully saturated rings.